The molecule has 0 bridgehead atoms. The van der Waals surface area contributed by atoms with E-state index in [1.807, 2.05) is 23.6 Å². The molecule has 3 heterocycles. The number of hydrogen-bond donors (Lipinski definition) is 1. The van der Waals surface area contributed by atoms with Gasteiger partial charge in [0, 0.05) is 25.4 Å². The van der Waals surface area contributed by atoms with Crippen LogP contribution in [0.25, 0.3) is 10.2 Å². The van der Waals surface area contributed by atoms with Crippen molar-refractivity contribution in [2.24, 2.45) is 5.92 Å². The van der Waals surface area contributed by atoms with Gasteiger partial charge >= 0.3 is 0 Å². The van der Waals surface area contributed by atoms with E-state index in [0.717, 1.165) is 17.0 Å². The molecule has 7 heteroatoms. The van der Waals surface area contributed by atoms with E-state index in [2.05, 4.69) is 16.4 Å². The lowest BCUT2D eigenvalue weighted by Crippen LogP contribution is -2.35. The third-order valence-electron chi connectivity index (χ3n) is 4.57. The summed E-state index contributed by atoms with van der Waals surface area (Å²) in [4.78, 5) is 29.4. The van der Waals surface area contributed by atoms with Crippen LogP contribution in [0, 0.1) is 5.92 Å². The summed E-state index contributed by atoms with van der Waals surface area (Å²) >= 11 is 1.44. The normalized spacial score (nSPS) is 16.1. The zero-order valence-corrected chi connectivity index (χ0v) is 15.0. The topological polar surface area (TPSA) is 73.2 Å². The van der Waals surface area contributed by atoms with Gasteiger partial charge in [0.2, 0.25) is 5.91 Å². The number of thiophene rings is 1. The zero-order chi connectivity index (χ0) is 17.9. The van der Waals surface area contributed by atoms with E-state index in [4.69, 9.17) is 4.74 Å². The first kappa shape index (κ1) is 16.8. The standard InChI is InChI=1S/C19H19N3O3S/c23-17(5-7-22-12-21-18-15(19(22)24)6-8-26-18)20-10-13-9-14-3-1-2-4-16(14)25-11-13/h1-4,6,8,12-13H,5,7,9-11H2,(H,20,23)/t13-/m1/s1. The second-order valence-corrected chi connectivity index (χ2v) is 7.32. The minimum absolute atomic E-state index is 0.0684. The number of aryl methyl sites for hydroxylation is 1. The number of benzene rings is 1. The number of para-hydroxylation sites is 1. The Bertz CT molecular complexity index is 995. The molecule has 134 valence electrons. The molecule has 1 aliphatic rings. The van der Waals surface area contributed by atoms with Gasteiger partial charge in [-0.1, -0.05) is 18.2 Å². The van der Waals surface area contributed by atoms with Crippen LogP contribution in [0.15, 0.2) is 46.8 Å². The van der Waals surface area contributed by atoms with E-state index in [0.29, 0.717) is 25.1 Å². The number of aromatic nitrogens is 2. The molecule has 0 aliphatic carbocycles. The molecular weight excluding hydrogens is 350 g/mol. The maximum atomic E-state index is 12.3. The van der Waals surface area contributed by atoms with E-state index in [-0.39, 0.29) is 23.8 Å². The number of nitrogens with one attached hydrogen (secondary N) is 1. The van der Waals surface area contributed by atoms with Crippen LogP contribution in [-0.4, -0.2) is 28.6 Å². The first-order valence-corrected chi connectivity index (χ1v) is 9.49. The average molecular weight is 369 g/mol. The first-order valence-electron chi connectivity index (χ1n) is 8.61. The molecule has 3 aromatic rings. The lowest BCUT2D eigenvalue weighted by molar-refractivity contribution is -0.121. The summed E-state index contributed by atoms with van der Waals surface area (Å²) in [5, 5.41) is 5.41. The highest BCUT2D eigenvalue weighted by atomic mass is 32.1. The quantitative estimate of drug-likeness (QED) is 0.748. The van der Waals surface area contributed by atoms with E-state index >= 15 is 0 Å². The largest absolute Gasteiger partial charge is 0.493 e. The van der Waals surface area contributed by atoms with Gasteiger partial charge in [0.1, 0.15) is 10.6 Å². The highest BCUT2D eigenvalue weighted by Crippen LogP contribution is 2.26. The number of carbonyl (C=O) groups excluding carboxylic acids is 1. The van der Waals surface area contributed by atoms with Gasteiger partial charge in [-0.25, -0.2) is 4.98 Å². The summed E-state index contributed by atoms with van der Waals surface area (Å²) in [6, 6.07) is 9.76. The number of nitrogens with zero attached hydrogens (tertiary/aromatic N) is 2. The Morgan fingerprint density at radius 2 is 2.23 bits per heavy atom. The first-order chi connectivity index (χ1) is 12.7. The number of fused-ring (bicyclic) bond motifs is 2. The molecule has 2 aromatic heterocycles. The van der Waals surface area contributed by atoms with Crippen LogP contribution in [0.1, 0.15) is 12.0 Å². The fourth-order valence-corrected chi connectivity index (χ4v) is 3.87. The summed E-state index contributed by atoms with van der Waals surface area (Å²) in [6.45, 7) is 1.51. The minimum Gasteiger partial charge on any atom is -0.493 e. The number of ether oxygens (including phenoxy) is 1. The number of hydrogen-bond acceptors (Lipinski definition) is 5. The van der Waals surface area contributed by atoms with Crippen LogP contribution in [0.2, 0.25) is 0 Å². The third-order valence-corrected chi connectivity index (χ3v) is 5.39. The Morgan fingerprint density at radius 3 is 3.15 bits per heavy atom. The number of rotatable bonds is 5. The van der Waals surface area contributed by atoms with Crippen LogP contribution in [-0.2, 0) is 17.8 Å². The summed E-state index contributed by atoms with van der Waals surface area (Å²) in [5.74, 6) is 1.13. The predicted molar refractivity (Wildman–Crippen MR) is 101 cm³/mol. The van der Waals surface area contributed by atoms with E-state index in [1.165, 1.54) is 27.8 Å². The Labute approximate surface area is 154 Å². The van der Waals surface area contributed by atoms with Crippen molar-refractivity contribution < 1.29 is 9.53 Å². The third kappa shape index (κ3) is 3.48. The van der Waals surface area contributed by atoms with Gasteiger partial charge in [0.15, 0.2) is 0 Å². The van der Waals surface area contributed by atoms with Crippen LogP contribution < -0.4 is 15.6 Å². The van der Waals surface area contributed by atoms with Crippen LogP contribution >= 0.6 is 11.3 Å². The Kier molecular flexibility index (Phi) is 4.71. The summed E-state index contributed by atoms with van der Waals surface area (Å²) in [5.41, 5.74) is 1.08. The van der Waals surface area contributed by atoms with Crippen molar-refractivity contribution in [2.75, 3.05) is 13.2 Å². The van der Waals surface area contributed by atoms with Crippen LogP contribution in [0.3, 0.4) is 0 Å². The van der Waals surface area contributed by atoms with Gasteiger partial charge in [0.05, 0.1) is 18.3 Å². The molecule has 26 heavy (non-hydrogen) atoms. The van der Waals surface area contributed by atoms with Crippen molar-refractivity contribution in [1.29, 1.82) is 0 Å². The molecule has 1 atom stereocenters. The second kappa shape index (κ2) is 7.29. The SMILES string of the molecule is O=C(CCn1cnc2sccc2c1=O)NC[C@@H]1COc2ccccc2C1. The minimum atomic E-state index is -0.0960. The Hall–Kier alpha value is -2.67. The van der Waals surface area contributed by atoms with Gasteiger partial charge < -0.3 is 10.1 Å². The van der Waals surface area contributed by atoms with Crippen LogP contribution in [0.5, 0.6) is 5.75 Å². The molecule has 0 spiro atoms. The lowest BCUT2D eigenvalue weighted by Gasteiger charge is -2.25. The fourth-order valence-electron chi connectivity index (χ4n) is 3.14. The molecule has 1 aliphatic heterocycles. The predicted octanol–water partition coefficient (Wildman–Crippen LogP) is 2.22. The van der Waals surface area contributed by atoms with Crippen LogP contribution in [0.4, 0.5) is 0 Å². The molecule has 0 fully saturated rings. The van der Waals surface area contributed by atoms with Gasteiger partial charge in [-0.15, -0.1) is 11.3 Å². The van der Waals surface area contributed by atoms with Crippen molar-refractivity contribution in [2.45, 2.75) is 19.4 Å². The smallest absolute Gasteiger partial charge is 0.262 e. The number of carbonyl (C=O) groups is 1. The fraction of sp³-hybridized carbons (Fsp3) is 0.316. The summed E-state index contributed by atoms with van der Waals surface area (Å²) in [7, 11) is 0. The van der Waals surface area contributed by atoms with Gasteiger partial charge in [-0.3, -0.25) is 14.2 Å². The molecule has 4 rings (SSSR count). The molecular formula is C19H19N3O3S. The van der Waals surface area contributed by atoms with Gasteiger partial charge in [-0.05, 0) is 29.5 Å². The molecule has 0 saturated carbocycles. The van der Waals surface area contributed by atoms with E-state index in [1.54, 1.807) is 6.07 Å². The van der Waals surface area contributed by atoms with Crippen molar-refractivity contribution in [3.63, 3.8) is 0 Å². The molecule has 1 N–H and O–H groups in total. The molecule has 0 unspecified atom stereocenters. The number of amides is 1. The zero-order valence-electron chi connectivity index (χ0n) is 14.2. The lowest BCUT2D eigenvalue weighted by atomic mass is 9.97. The highest BCUT2D eigenvalue weighted by molar-refractivity contribution is 7.16. The molecule has 1 amide bonds. The maximum absolute atomic E-state index is 12.3. The molecule has 0 saturated heterocycles. The Morgan fingerprint density at radius 1 is 1.35 bits per heavy atom. The van der Waals surface area contributed by atoms with Gasteiger partial charge in [0.25, 0.3) is 5.56 Å². The molecule has 6 nitrogen and oxygen atoms in total. The van der Waals surface area contributed by atoms with Crippen molar-refractivity contribution in [1.82, 2.24) is 14.9 Å². The van der Waals surface area contributed by atoms with E-state index < -0.39 is 0 Å². The second-order valence-electron chi connectivity index (χ2n) is 6.43. The Balaban J connectivity index is 1.29. The monoisotopic (exact) mass is 369 g/mol. The summed E-state index contributed by atoms with van der Waals surface area (Å²) < 4.78 is 7.24. The summed E-state index contributed by atoms with van der Waals surface area (Å²) in [6.07, 6.45) is 2.66. The van der Waals surface area contributed by atoms with E-state index in [9.17, 15) is 9.59 Å². The molecule has 0 radical (unpaired) electrons. The van der Waals surface area contributed by atoms with Gasteiger partial charge in [-0.2, -0.15) is 0 Å². The van der Waals surface area contributed by atoms with Crippen molar-refractivity contribution in [3.8, 4) is 5.75 Å². The average Bonchev–Trinajstić information content (AvgIpc) is 3.15. The molecule has 1 aromatic carbocycles. The van der Waals surface area contributed by atoms with Crippen molar-refractivity contribution >= 4 is 27.5 Å². The maximum Gasteiger partial charge on any atom is 0.262 e. The highest BCUT2D eigenvalue weighted by Gasteiger charge is 2.20. The van der Waals surface area contributed by atoms with Crippen molar-refractivity contribution in [3.05, 3.63) is 58.0 Å².